The van der Waals surface area contributed by atoms with E-state index in [1.165, 1.54) is 109 Å². The number of hydrogen-bond acceptors (Lipinski definition) is 11. The number of allylic oxidation sites excluding steroid dienone is 12. The Labute approximate surface area is 426 Å². The van der Waals surface area contributed by atoms with Gasteiger partial charge < -0.3 is 34.3 Å². The molecule has 1 rings (SSSR count). The summed E-state index contributed by atoms with van der Waals surface area (Å²) in [5.74, 6) is -0.411. The summed E-state index contributed by atoms with van der Waals surface area (Å²) in [6, 6.07) is 0. The lowest BCUT2D eigenvalue weighted by Gasteiger charge is -2.41. The number of ether oxygens (including phenoxy) is 4. The molecule has 406 valence electrons. The van der Waals surface area contributed by atoms with Crippen LogP contribution >= 0.6 is 0 Å². The summed E-state index contributed by atoms with van der Waals surface area (Å²) in [5.41, 5.74) is 0. The standard InChI is InChI=1S/C57H100O12S/c1-3-5-7-9-11-13-15-17-19-21-23-25-26-27-28-30-32-34-36-38-40-42-44-46-53(59)67-51(50-66-57-55(61)56(69-70(62,63)64)54(60)52(48-58)68-57)49-65-47-45-43-41-39-37-35-33-31-29-24-22-20-18-16-14-12-10-8-6-4-2/h5,7,11,13,17-20,23,25,27-28,51-52,54-58,60-61H,3-4,6,8-10,12,14-16,21-22,24,26,29-50H2,1-2H3,(H,62,63,64)/b7-5-,13-11-,19-17-,20-18-,25-23-,28-27-. The van der Waals surface area contributed by atoms with Crippen molar-refractivity contribution < 1.29 is 56.2 Å². The van der Waals surface area contributed by atoms with Gasteiger partial charge in [-0.15, -0.1) is 0 Å². The van der Waals surface area contributed by atoms with Crippen LogP contribution in [0.25, 0.3) is 0 Å². The molecule has 0 aromatic rings. The average molecular weight is 1010 g/mol. The van der Waals surface area contributed by atoms with Crippen molar-refractivity contribution in [2.24, 2.45) is 0 Å². The summed E-state index contributed by atoms with van der Waals surface area (Å²) in [6.07, 6.45) is 53.6. The molecule has 0 spiro atoms. The SMILES string of the molecule is CC/C=C\C/C=C\C/C=C\C/C=C\C/C=C\CCCCCCCCCC(=O)OC(COCCCCCCCCCCCC/C=C\CCCCCCCC)COC1OC(CO)C(O)C(OS(=O)(=O)O)C1O. The van der Waals surface area contributed by atoms with Gasteiger partial charge in [-0.2, -0.15) is 8.42 Å². The molecule has 1 saturated heterocycles. The second kappa shape index (κ2) is 47.5. The minimum Gasteiger partial charge on any atom is -0.457 e. The Balaban J connectivity index is 2.34. The summed E-state index contributed by atoms with van der Waals surface area (Å²) in [7, 11) is -5.07. The van der Waals surface area contributed by atoms with Crippen LogP contribution in [-0.4, -0.2) is 97.5 Å². The summed E-state index contributed by atoms with van der Waals surface area (Å²) >= 11 is 0. The molecule has 0 aliphatic carbocycles. The first-order valence-electron chi connectivity index (χ1n) is 27.7. The van der Waals surface area contributed by atoms with Crippen LogP contribution in [0.15, 0.2) is 72.9 Å². The molecular formula is C57H100O12S. The quantitative estimate of drug-likeness (QED) is 0.0197. The van der Waals surface area contributed by atoms with Crippen LogP contribution in [0.3, 0.4) is 0 Å². The Bertz CT molecular complexity index is 1490. The Morgan fingerprint density at radius 3 is 1.46 bits per heavy atom. The molecule has 0 radical (unpaired) electrons. The molecular weight excluding hydrogens is 909 g/mol. The van der Waals surface area contributed by atoms with E-state index in [-0.39, 0.29) is 19.6 Å². The third-order valence-electron chi connectivity index (χ3n) is 12.3. The van der Waals surface area contributed by atoms with Crippen LogP contribution in [0.2, 0.25) is 0 Å². The number of rotatable bonds is 48. The zero-order valence-corrected chi connectivity index (χ0v) is 44.6. The van der Waals surface area contributed by atoms with Crippen molar-refractivity contribution in [3.05, 3.63) is 72.9 Å². The normalized spacial score (nSPS) is 19.7. The minimum absolute atomic E-state index is 0.0279. The number of carbonyl (C=O) groups is 1. The maximum absolute atomic E-state index is 12.9. The third kappa shape index (κ3) is 40.1. The van der Waals surface area contributed by atoms with Crippen LogP contribution in [0.5, 0.6) is 0 Å². The Morgan fingerprint density at radius 2 is 0.986 bits per heavy atom. The first kappa shape index (κ1) is 65.6. The van der Waals surface area contributed by atoms with E-state index in [0.29, 0.717) is 13.0 Å². The van der Waals surface area contributed by atoms with Gasteiger partial charge in [0.15, 0.2) is 6.29 Å². The molecule has 1 aliphatic rings. The van der Waals surface area contributed by atoms with Crippen LogP contribution in [0.4, 0.5) is 0 Å². The highest BCUT2D eigenvalue weighted by Crippen LogP contribution is 2.26. The first-order valence-corrected chi connectivity index (χ1v) is 29.1. The van der Waals surface area contributed by atoms with Crippen molar-refractivity contribution in [3.63, 3.8) is 0 Å². The molecule has 4 N–H and O–H groups in total. The lowest BCUT2D eigenvalue weighted by Crippen LogP contribution is -2.60. The zero-order valence-electron chi connectivity index (χ0n) is 43.8. The molecule has 70 heavy (non-hydrogen) atoms. The van der Waals surface area contributed by atoms with Crippen molar-refractivity contribution >= 4 is 16.4 Å². The van der Waals surface area contributed by atoms with E-state index in [2.05, 4.69) is 90.9 Å². The van der Waals surface area contributed by atoms with Gasteiger partial charge in [0.2, 0.25) is 0 Å². The number of hydrogen-bond donors (Lipinski definition) is 4. The van der Waals surface area contributed by atoms with Crippen molar-refractivity contribution in [1.82, 2.24) is 0 Å². The highest BCUT2D eigenvalue weighted by molar-refractivity contribution is 7.80. The fourth-order valence-corrected chi connectivity index (χ4v) is 8.67. The molecule has 6 unspecified atom stereocenters. The fraction of sp³-hybridized carbons (Fsp3) is 0.772. The first-order chi connectivity index (χ1) is 34.1. The van der Waals surface area contributed by atoms with Gasteiger partial charge in [-0.1, -0.05) is 202 Å². The Morgan fingerprint density at radius 1 is 0.557 bits per heavy atom. The fourth-order valence-electron chi connectivity index (χ4n) is 8.17. The highest BCUT2D eigenvalue weighted by Gasteiger charge is 2.48. The van der Waals surface area contributed by atoms with E-state index in [0.717, 1.165) is 83.5 Å². The molecule has 0 aromatic carbocycles. The lowest BCUT2D eigenvalue weighted by atomic mass is 9.99. The second-order valence-electron chi connectivity index (χ2n) is 18.8. The van der Waals surface area contributed by atoms with Crippen molar-refractivity contribution in [3.8, 4) is 0 Å². The predicted molar refractivity (Wildman–Crippen MR) is 285 cm³/mol. The molecule has 1 fully saturated rings. The molecule has 6 atom stereocenters. The van der Waals surface area contributed by atoms with Gasteiger partial charge in [-0.3, -0.25) is 9.35 Å². The largest absolute Gasteiger partial charge is 0.457 e. The number of aliphatic hydroxyl groups is 3. The Hall–Kier alpha value is -2.46. The highest BCUT2D eigenvalue weighted by atomic mass is 32.3. The summed E-state index contributed by atoms with van der Waals surface area (Å²) in [6.45, 7) is 3.88. The lowest BCUT2D eigenvalue weighted by molar-refractivity contribution is -0.301. The summed E-state index contributed by atoms with van der Waals surface area (Å²) in [5, 5.41) is 30.8. The topological polar surface area (TPSA) is 178 Å². The number of esters is 1. The second-order valence-corrected chi connectivity index (χ2v) is 19.8. The minimum atomic E-state index is -5.07. The van der Waals surface area contributed by atoms with Gasteiger partial charge >= 0.3 is 16.4 Å². The molecule has 0 aromatic heterocycles. The van der Waals surface area contributed by atoms with Crippen molar-refractivity contribution in [2.75, 3.05) is 26.4 Å². The van der Waals surface area contributed by atoms with E-state index in [4.69, 9.17) is 18.9 Å². The molecule has 1 aliphatic heterocycles. The third-order valence-corrected chi connectivity index (χ3v) is 12.8. The van der Waals surface area contributed by atoms with Crippen molar-refractivity contribution in [2.45, 2.75) is 256 Å². The maximum atomic E-state index is 12.9. The summed E-state index contributed by atoms with van der Waals surface area (Å²) in [4.78, 5) is 12.9. The van der Waals surface area contributed by atoms with Crippen molar-refractivity contribution in [1.29, 1.82) is 0 Å². The van der Waals surface area contributed by atoms with Gasteiger partial charge in [-0.05, 0) is 83.5 Å². The average Bonchev–Trinajstić information content (AvgIpc) is 3.34. The van der Waals surface area contributed by atoms with E-state index in [9.17, 15) is 33.1 Å². The van der Waals surface area contributed by atoms with Gasteiger partial charge in [0, 0.05) is 13.0 Å². The molecule has 13 heteroatoms. The zero-order chi connectivity index (χ0) is 51.0. The van der Waals surface area contributed by atoms with Gasteiger partial charge in [-0.25, -0.2) is 4.18 Å². The van der Waals surface area contributed by atoms with Crippen LogP contribution in [0, 0.1) is 0 Å². The van der Waals surface area contributed by atoms with Gasteiger partial charge in [0.25, 0.3) is 0 Å². The molecule has 0 bridgehead atoms. The predicted octanol–water partition coefficient (Wildman–Crippen LogP) is 13.4. The van der Waals surface area contributed by atoms with E-state index in [1.807, 2.05) is 0 Å². The Kier molecular flexibility index (Phi) is 44.5. The van der Waals surface area contributed by atoms with Crippen LogP contribution < -0.4 is 0 Å². The molecule has 12 nitrogen and oxygen atoms in total. The summed E-state index contributed by atoms with van der Waals surface area (Å²) < 4.78 is 59.4. The maximum Gasteiger partial charge on any atom is 0.397 e. The number of aliphatic hydroxyl groups excluding tert-OH is 3. The van der Waals surface area contributed by atoms with Gasteiger partial charge in [0.1, 0.15) is 30.5 Å². The number of unbranched alkanes of at least 4 members (excludes halogenated alkanes) is 23. The number of carbonyl (C=O) groups excluding carboxylic acids is 1. The van der Waals surface area contributed by atoms with Crippen LogP contribution in [-0.2, 0) is 38.3 Å². The smallest absolute Gasteiger partial charge is 0.397 e. The van der Waals surface area contributed by atoms with Gasteiger partial charge in [0.05, 0.1) is 19.8 Å². The van der Waals surface area contributed by atoms with Crippen LogP contribution in [0.1, 0.15) is 219 Å². The van der Waals surface area contributed by atoms with E-state index in [1.54, 1.807) is 0 Å². The molecule has 1 heterocycles. The van der Waals surface area contributed by atoms with E-state index >= 15 is 0 Å². The molecule has 0 saturated carbocycles. The monoisotopic (exact) mass is 1010 g/mol. The molecule has 0 amide bonds. The van der Waals surface area contributed by atoms with E-state index < -0.39 is 59.8 Å².